The van der Waals surface area contributed by atoms with Gasteiger partial charge >= 0.3 is 0 Å². The van der Waals surface area contributed by atoms with Gasteiger partial charge in [-0.2, -0.15) is 0 Å². The molecular weight excluding hydrogens is 216 g/mol. The fourth-order valence-corrected chi connectivity index (χ4v) is 1.29. The third kappa shape index (κ3) is 4.17. The molecule has 0 saturated heterocycles. The average Bonchev–Trinajstić information content (AvgIpc) is 2.41. The zero-order valence-electron chi connectivity index (χ0n) is 9.41. The van der Waals surface area contributed by atoms with Crippen LogP contribution in [-0.4, -0.2) is 13.6 Å². The monoisotopic (exact) mass is 230 g/mol. The van der Waals surface area contributed by atoms with Crippen LogP contribution in [0.25, 0.3) is 0 Å². The fourth-order valence-electron chi connectivity index (χ4n) is 1.29. The first-order valence-corrected chi connectivity index (χ1v) is 5.38. The van der Waals surface area contributed by atoms with Gasteiger partial charge in [-0.3, -0.25) is 0 Å². The van der Waals surface area contributed by atoms with Gasteiger partial charge in [0, 0.05) is 0 Å². The van der Waals surface area contributed by atoms with Crippen molar-refractivity contribution >= 4 is 0 Å². The van der Waals surface area contributed by atoms with E-state index < -0.39 is 0 Å². The average molecular weight is 230 g/mol. The molecule has 0 atom stereocenters. The molecule has 2 rings (SSSR count). The Morgan fingerprint density at radius 1 is 0.588 bits per heavy atom. The number of para-hydroxylation sites is 2. The molecule has 2 aromatic carbocycles. The fraction of sp³-hybridized carbons (Fsp3) is 0.143. The molecule has 0 aliphatic carbocycles. The Kier molecular flexibility index (Phi) is 4.43. The lowest BCUT2D eigenvalue weighted by Crippen LogP contribution is -2.08. The summed E-state index contributed by atoms with van der Waals surface area (Å²) in [6, 6.07) is 19.0. The Bertz CT molecular complexity index is 372. The van der Waals surface area contributed by atoms with E-state index in [1.165, 1.54) is 0 Å². The summed E-state index contributed by atoms with van der Waals surface area (Å²) >= 11 is 0. The van der Waals surface area contributed by atoms with Crippen LogP contribution in [0.4, 0.5) is 0 Å². The van der Waals surface area contributed by atoms with Crippen molar-refractivity contribution in [2.45, 2.75) is 0 Å². The summed E-state index contributed by atoms with van der Waals surface area (Å²) < 4.78 is 15.9. The number of benzene rings is 2. The molecule has 3 heteroatoms. The Morgan fingerprint density at radius 3 is 1.41 bits per heavy atom. The second kappa shape index (κ2) is 6.55. The molecule has 0 spiro atoms. The van der Waals surface area contributed by atoms with Crippen LogP contribution >= 0.6 is 0 Å². The van der Waals surface area contributed by atoms with E-state index in [2.05, 4.69) is 0 Å². The van der Waals surface area contributed by atoms with Gasteiger partial charge in [-0.05, 0) is 24.3 Å². The van der Waals surface area contributed by atoms with Gasteiger partial charge < -0.3 is 14.2 Å². The molecule has 3 nitrogen and oxygen atoms in total. The van der Waals surface area contributed by atoms with Crippen LogP contribution in [0.15, 0.2) is 60.7 Å². The van der Waals surface area contributed by atoms with Crippen LogP contribution < -0.4 is 9.47 Å². The largest absolute Gasteiger partial charge is 0.467 e. The Balaban J connectivity index is 1.61. The smallest absolute Gasteiger partial charge is 0.192 e. The van der Waals surface area contributed by atoms with Crippen LogP contribution in [0.3, 0.4) is 0 Å². The lowest BCUT2D eigenvalue weighted by molar-refractivity contribution is -0.0536. The van der Waals surface area contributed by atoms with E-state index in [4.69, 9.17) is 14.2 Å². The first-order chi connectivity index (χ1) is 8.45. The van der Waals surface area contributed by atoms with Crippen LogP contribution in [0.2, 0.25) is 0 Å². The van der Waals surface area contributed by atoms with E-state index in [9.17, 15) is 0 Å². The molecule has 88 valence electrons. The van der Waals surface area contributed by atoms with E-state index in [-0.39, 0.29) is 13.6 Å². The summed E-state index contributed by atoms with van der Waals surface area (Å²) in [6.45, 7) is 0.355. The highest BCUT2D eigenvalue weighted by Crippen LogP contribution is 2.09. The van der Waals surface area contributed by atoms with Gasteiger partial charge in [0.2, 0.25) is 0 Å². The summed E-state index contributed by atoms with van der Waals surface area (Å²) in [7, 11) is 0. The predicted molar refractivity (Wildman–Crippen MR) is 65.0 cm³/mol. The molecule has 0 saturated carbocycles. The van der Waals surface area contributed by atoms with Crippen molar-refractivity contribution in [1.82, 2.24) is 0 Å². The van der Waals surface area contributed by atoms with Crippen LogP contribution in [0.5, 0.6) is 11.5 Å². The van der Waals surface area contributed by atoms with Crippen LogP contribution in [0, 0.1) is 0 Å². The maximum absolute atomic E-state index is 5.34. The number of hydrogen-bond acceptors (Lipinski definition) is 3. The molecule has 0 aliphatic rings. The van der Waals surface area contributed by atoms with Crippen LogP contribution in [-0.2, 0) is 4.74 Å². The summed E-state index contributed by atoms with van der Waals surface area (Å²) in [4.78, 5) is 0. The van der Waals surface area contributed by atoms with Gasteiger partial charge in [-0.25, -0.2) is 0 Å². The molecule has 17 heavy (non-hydrogen) atoms. The predicted octanol–water partition coefficient (Wildman–Crippen LogP) is 3.08. The maximum Gasteiger partial charge on any atom is 0.192 e. The molecule has 0 heterocycles. The molecule has 0 bridgehead atoms. The third-order valence-electron chi connectivity index (χ3n) is 2.10. The highest BCUT2D eigenvalue weighted by atomic mass is 16.7. The van der Waals surface area contributed by atoms with Crippen molar-refractivity contribution in [3.05, 3.63) is 60.7 Å². The van der Waals surface area contributed by atoms with Crippen molar-refractivity contribution in [3.63, 3.8) is 0 Å². The number of rotatable bonds is 6. The molecule has 0 aromatic heterocycles. The number of hydrogen-bond donors (Lipinski definition) is 0. The van der Waals surface area contributed by atoms with Crippen molar-refractivity contribution in [1.29, 1.82) is 0 Å². The summed E-state index contributed by atoms with van der Waals surface area (Å²) in [6.07, 6.45) is 0. The minimum Gasteiger partial charge on any atom is -0.467 e. The van der Waals surface area contributed by atoms with E-state index >= 15 is 0 Å². The molecule has 0 N–H and O–H groups in total. The lowest BCUT2D eigenvalue weighted by Gasteiger charge is -2.08. The highest BCUT2D eigenvalue weighted by Gasteiger charge is 1.93. The zero-order chi connectivity index (χ0) is 11.8. The van der Waals surface area contributed by atoms with Crippen molar-refractivity contribution in [2.75, 3.05) is 13.6 Å². The zero-order valence-corrected chi connectivity index (χ0v) is 9.41. The molecule has 2 aromatic rings. The minimum absolute atomic E-state index is 0.177. The maximum atomic E-state index is 5.34. The molecule has 0 amide bonds. The quantitative estimate of drug-likeness (QED) is 0.564. The molecule has 0 radical (unpaired) electrons. The van der Waals surface area contributed by atoms with E-state index in [0.717, 1.165) is 11.5 Å². The van der Waals surface area contributed by atoms with Gasteiger partial charge in [0.1, 0.15) is 11.5 Å². The summed E-state index contributed by atoms with van der Waals surface area (Å²) in [5.41, 5.74) is 0. The van der Waals surface area contributed by atoms with Crippen molar-refractivity contribution < 1.29 is 14.2 Å². The standard InChI is InChI=1S/C14H14O3/c1-3-7-13(8-4-1)16-11-15-12-17-14-9-5-2-6-10-14/h1-10H,11-12H2. The van der Waals surface area contributed by atoms with Gasteiger partial charge in [0.05, 0.1) is 0 Å². The highest BCUT2D eigenvalue weighted by molar-refractivity contribution is 5.21. The normalized spacial score (nSPS) is 9.88. The van der Waals surface area contributed by atoms with Gasteiger partial charge in [-0.15, -0.1) is 0 Å². The Hall–Kier alpha value is -2.00. The van der Waals surface area contributed by atoms with E-state index in [1.54, 1.807) is 0 Å². The molecule has 0 aliphatic heterocycles. The second-order valence-corrected chi connectivity index (χ2v) is 3.35. The molecular formula is C14H14O3. The lowest BCUT2D eigenvalue weighted by atomic mass is 10.3. The molecule has 0 fully saturated rings. The first kappa shape index (κ1) is 11.5. The van der Waals surface area contributed by atoms with Gasteiger partial charge in [0.15, 0.2) is 13.6 Å². The summed E-state index contributed by atoms with van der Waals surface area (Å²) in [5.74, 6) is 1.57. The van der Waals surface area contributed by atoms with Crippen molar-refractivity contribution in [2.24, 2.45) is 0 Å². The summed E-state index contributed by atoms with van der Waals surface area (Å²) in [5, 5.41) is 0. The van der Waals surface area contributed by atoms with Crippen molar-refractivity contribution in [3.8, 4) is 11.5 Å². The van der Waals surface area contributed by atoms with E-state index in [0.29, 0.717) is 0 Å². The Labute approximate surface area is 101 Å². The Morgan fingerprint density at radius 2 is 1.00 bits per heavy atom. The second-order valence-electron chi connectivity index (χ2n) is 3.35. The topological polar surface area (TPSA) is 27.7 Å². The number of ether oxygens (including phenoxy) is 3. The van der Waals surface area contributed by atoms with Gasteiger partial charge in [-0.1, -0.05) is 36.4 Å². The molecule has 0 unspecified atom stereocenters. The van der Waals surface area contributed by atoms with Gasteiger partial charge in [0.25, 0.3) is 0 Å². The SMILES string of the molecule is c1ccc(OCOCOc2ccccc2)cc1. The van der Waals surface area contributed by atoms with Crippen LogP contribution in [0.1, 0.15) is 0 Å². The first-order valence-electron chi connectivity index (χ1n) is 5.38. The minimum atomic E-state index is 0.177. The van der Waals surface area contributed by atoms with E-state index in [1.807, 2.05) is 60.7 Å². The third-order valence-corrected chi connectivity index (χ3v) is 2.10.